The van der Waals surface area contributed by atoms with Crippen molar-refractivity contribution in [2.24, 2.45) is 0 Å². The molecule has 17 heavy (non-hydrogen) atoms. The first-order valence-corrected chi connectivity index (χ1v) is 6.70. The number of nitrogens with zero attached hydrogens (tertiary/aromatic N) is 1. The van der Waals surface area contributed by atoms with Gasteiger partial charge in [0.25, 0.3) is 0 Å². The zero-order chi connectivity index (χ0) is 13.1. The lowest BCUT2D eigenvalue weighted by atomic mass is 10.1. The fraction of sp³-hybridized carbons (Fsp3) is 0.667. The van der Waals surface area contributed by atoms with Gasteiger partial charge in [-0.15, -0.1) is 11.3 Å². The molecule has 0 spiro atoms. The molecule has 1 amide bonds. The van der Waals surface area contributed by atoms with Crippen LogP contribution in [0.25, 0.3) is 0 Å². The Bertz CT molecular complexity index is 356. The van der Waals surface area contributed by atoms with Crippen LogP contribution in [0.2, 0.25) is 0 Å². The Morgan fingerprint density at radius 1 is 1.41 bits per heavy atom. The Hall–Kier alpha value is -0.940. The summed E-state index contributed by atoms with van der Waals surface area (Å²) in [7, 11) is 0. The van der Waals surface area contributed by atoms with Crippen molar-refractivity contribution in [2.75, 3.05) is 0 Å². The zero-order valence-corrected chi connectivity index (χ0v) is 11.9. The molecule has 5 heteroatoms. The molecule has 0 saturated carbocycles. The van der Waals surface area contributed by atoms with E-state index >= 15 is 0 Å². The van der Waals surface area contributed by atoms with Crippen molar-refractivity contribution in [3.63, 3.8) is 0 Å². The Kier molecular flexibility index (Phi) is 4.65. The second kappa shape index (κ2) is 5.60. The molecular weight excluding hydrogens is 234 g/mol. The van der Waals surface area contributed by atoms with Crippen molar-refractivity contribution in [1.82, 2.24) is 15.6 Å². The van der Waals surface area contributed by atoms with Gasteiger partial charge in [0.2, 0.25) is 5.91 Å². The van der Waals surface area contributed by atoms with Crippen molar-refractivity contribution in [3.05, 3.63) is 16.6 Å². The lowest BCUT2D eigenvalue weighted by Crippen LogP contribution is -2.50. The summed E-state index contributed by atoms with van der Waals surface area (Å²) in [5.74, 6) is 0.0135. The summed E-state index contributed by atoms with van der Waals surface area (Å²) < 4.78 is 0. The molecule has 0 fully saturated rings. The van der Waals surface area contributed by atoms with Crippen LogP contribution in [0.1, 0.15) is 46.4 Å². The number of thiazole rings is 1. The normalized spacial score (nSPS) is 15.4. The van der Waals surface area contributed by atoms with E-state index in [4.69, 9.17) is 0 Å². The third kappa shape index (κ3) is 4.83. The minimum absolute atomic E-state index is 0.0135. The highest BCUT2D eigenvalue weighted by Crippen LogP contribution is 2.12. The van der Waals surface area contributed by atoms with Gasteiger partial charge in [0.1, 0.15) is 0 Å². The van der Waals surface area contributed by atoms with Crippen molar-refractivity contribution in [3.8, 4) is 0 Å². The van der Waals surface area contributed by atoms with E-state index in [1.807, 2.05) is 40.0 Å². The van der Waals surface area contributed by atoms with Crippen molar-refractivity contribution in [2.45, 2.75) is 52.2 Å². The molecule has 0 radical (unpaired) electrons. The van der Waals surface area contributed by atoms with Gasteiger partial charge < -0.3 is 5.32 Å². The van der Waals surface area contributed by atoms with Gasteiger partial charge in [-0.1, -0.05) is 0 Å². The monoisotopic (exact) mass is 255 g/mol. The fourth-order valence-electron chi connectivity index (χ4n) is 1.45. The summed E-state index contributed by atoms with van der Waals surface area (Å²) >= 11 is 1.56. The van der Waals surface area contributed by atoms with Gasteiger partial charge in [0, 0.05) is 17.0 Å². The van der Waals surface area contributed by atoms with Gasteiger partial charge in [-0.3, -0.25) is 10.1 Å². The molecule has 2 N–H and O–H groups in total. The Morgan fingerprint density at radius 3 is 2.53 bits per heavy atom. The number of carbonyl (C=O) groups is 1. The molecule has 0 aliphatic heterocycles. The van der Waals surface area contributed by atoms with E-state index in [0.29, 0.717) is 0 Å². The highest BCUT2D eigenvalue weighted by atomic mass is 32.1. The molecule has 1 aromatic rings. The second-order valence-electron chi connectivity index (χ2n) is 5.26. The molecule has 0 aliphatic carbocycles. The van der Waals surface area contributed by atoms with Crippen LogP contribution in [0, 0.1) is 0 Å². The van der Waals surface area contributed by atoms with Gasteiger partial charge >= 0.3 is 0 Å². The van der Waals surface area contributed by atoms with Crippen LogP contribution >= 0.6 is 11.3 Å². The molecule has 2 atom stereocenters. The summed E-state index contributed by atoms with van der Waals surface area (Å²) in [6, 6.07) is -0.145. The highest BCUT2D eigenvalue weighted by Gasteiger charge is 2.21. The number of rotatable bonds is 4. The van der Waals surface area contributed by atoms with Crippen LogP contribution in [-0.4, -0.2) is 22.5 Å². The molecule has 1 aromatic heterocycles. The number of aromatic nitrogens is 1. The van der Waals surface area contributed by atoms with E-state index in [1.165, 1.54) is 0 Å². The number of carbonyl (C=O) groups excluding carboxylic acids is 1. The van der Waals surface area contributed by atoms with Crippen molar-refractivity contribution in [1.29, 1.82) is 0 Å². The predicted octanol–water partition coefficient (Wildman–Crippen LogP) is 2.10. The van der Waals surface area contributed by atoms with Crippen molar-refractivity contribution < 1.29 is 4.79 Å². The molecule has 0 aromatic carbocycles. The number of nitrogens with one attached hydrogen (secondary N) is 2. The number of amides is 1. The Balaban J connectivity index is 2.49. The van der Waals surface area contributed by atoms with Crippen LogP contribution in [-0.2, 0) is 4.79 Å². The SMILES string of the molecule is CC(NC(C)c1cscn1)C(=O)NC(C)(C)C. The van der Waals surface area contributed by atoms with Gasteiger partial charge in [0.15, 0.2) is 0 Å². The first-order valence-electron chi connectivity index (χ1n) is 5.76. The predicted molar refractivity (Wildman–Crippen MR) is 71.0 cm³/mol. The minimum atomic E-state index is -0.231. The fourth-order valence-corrected chi connectivity index (χ4v) is 2.10. The molecule has 0 bridgehead atoms. The van der Waals surface area contributed by atoms with E-state index in [1.54, 1.807) is 16.8 Å². The maximum absolute atomic E-state index is 11.9. The van der Waals surface area contributed by atoms with Gasteiger partial charge in [-0.05, 0) is 34.6 Å². The van der Waals surface area contributed by atoms with Gasteiger partial charge in [-0.2, -0.15) is 0 Å². The molecular formula is C12H21N3OS. The van der Waals surface area contributed by atoms with Crippen LogP contribution in [0.15, 0.2) is 10.9 Å². The standard InChI is InChI=1S/C12H21N3OS/c1-8(10-6-17-7-13-10)14-9(2)11(16)15-12(3,4)5/h6-9,14H,1-5H3,(H,15,16). The molecule has 1 heterocycles. The molecule has 4 nitrogen and oxygen atoms in total. The second-order valence-corrected chi connectivity index (χ2v) is 5.98. The average Bonchev–Trinajstić information content (AvgIpc) is 2.67. The first kappa shape index (κ1) is 14.1. The summed E-state index contributed by atoms with van der Waals surface area (Å²) in [4.78, 5) is 16.1. The Labute approximate surface area is 107 Å². The Morgan fingerprint density at radius 2 is 2.06 bits per heavy atom. The third-order valence-corrected chi connectivity index (χ3v) is 2.89. The van der Waals surface area contributed by atoms with E-state index in [-0.39, 0.29) is 23.5 Å². The van der Waals surface area contributed by atoms with E-state index in [2.05, 4.69) is 15.6 Å². The minimum Gasteiger partial charge on any atom is -0.350 e. The summed E-state index contributed by atoms with van der Waals surface area (Å²) in [6.45, 7) is 9.80. The quantitative estimate of drug-likeness (QED) is 0.866. The molecule has 96 valence electrons. The summed E-state index contributed by atoms with van der Waals surface area (Å²) in [6.07, 6.45) is 0. The highest BCUT2D eigenvalue weighted by molar-refractivity contribution is 7.07. The van der Waals surface area contributed by atoms with Gasteiger partial charge in [-0.25, -0.2) is 4.98 Å². The van der Waals surface area contributed by atoms with Crippen LogP contribution < -0.4 is 10.6 Å². The smallest absolute Gasteiger partial charge is 0.237 e. The first-order chi connectivity index (χ1) is 7.79. The largest absolute Gasteiger partial charge is 0.350 e. The number of hydrogen-bond donors (Lipinski definition) is 2. The molecule has 0 saturated heterocycles. The van der Waals surface area contributed by atoms with Crippen LogP contribution in [0.4, 0.5) is 0 Å². The summed E-state index contributed by atoms with van der Waals surface area (Å²) in [5, 5.41) is 8.18. The van der Waals surface area contributed by atoms with Gasteiger partial charge in [0.05, 0.1) is 17.2 Å². The maximum Gasteiger partial charge on any atom is 0.237 e. The lowest BCUT2D eigenvalue weighted by molar-refractivity contribution is -0.124. The van der Waals surface area contributed by atoms with Crippen LogP contribution in [0.3, 0.4) is 0 Å². The molecule has 0 aliphatic rings. The molecule has 2 unspecified atom stereocenters. The topological polar surface area (TPSA) is 54.0 Å². The molecule has 1 rings (SSSR count). The van der Waals surface area contributed by atoms with Crippen molar-refractivity contribution >= 4 is 17.2 Å². The third-order valence-electron chi connectivity index (χ3n) is 2.29. The zero-order valence-electron chi connectivity index (χ0n) is 11.1. The average molecular weight is 255 g/mol. The van der Waals surface area contributed by atoms with E-state index in [0.717, 1.165) is 5.69 Å². The van der Waals surface area contributed by atoms with E-state index < -0.39 is 0 Å². The maximum atomic E-state index is 11.9. The number of hydrogen-bond acceptors (Lipinski definition) is 4. The lowest BCUT2D eigenvalue weighted by Gasteiger charge is -2.25. The van der Waals surface area contributed by atoms with E-state index in [9.17, 15) is 4.79 Å². The van der Waals surface area contributed by atoms with Crippen LogP contribution in [0.5, 0.6) is 0 Å². The summed E-state index contributed by atoms with van der Waals surface area (Å²) in [5.41, 5.74) is 2.58.